The fourth-order valence-electron chi connectivity index (χ4n) is 4.76. The minimum Gasteiger partial charge on any atom is -0.420 e. The van der Waals surface area contributed by atoms with Crippen LogP contribution in [0, 0.1) is 24.4 Å². The molecule has 6 rings (SSSR count). The van der Waals surface area contributed by atoms with E-state index in [2.05, 4.69) is 19.7 Å². The van der Waals surface area contributed by atoms with Crippen LogP contribution < -0.4 is 14.5 Å². The number of anilines is 2. The van der Waals surface area contributed by atoms with Gasteiger partial charge in [0.05, 0.1) is 36.7 Å². The van der Waals surface area contributed by atoms with Crippen LogP contribution in [0.1, 0.15) is 11.4 Å². The molecule has 0 saturated carbocycles. The van der Waals surface area contributed by atoms with Crippen molar-refractivity contribution in [2.45, 2.75) is 31.4 Å². The number of aryl methyl sites for hydroxylation is 1. The third-order valence-corrected chi connectivity index (χ3v) is 6.99. The van der Waals surface area contributed by atoms with Gasteiger partial charge in [0.1, 0.15) is 17.3 Å². The number of halogens is 8. The Morgan fingerprint density at radius 2 is 1.71 bits per heavy atom. The lowest BCUT2D eigenvalue weighted by molar-refractivity contribution is -0.267. The molecule has 0 bridgehead atoms. The lowest BCUT2D eigenvalue weighted by Crippen LogP contribution is -2.69. The molecule has 1 fully saturated rings. The van der Waals surface area contributed by atoms with Crippen molar-refractivity contribution >= 4 is 23.2 Å². The van der Waals surface area contributed by atoms with E-state index in [4.69, 9.17) is 0 Å². The number of carbonyl (C=O) groups is 1. The summed E-state index contributed by atoms with van der Waals surface area (Å²) in [5, 5.41) is 9.63. The highest BCUT2D eigenvalue weighted by Gasteiger charge is 2.61. The van der Waals surface area contributed by atoms with Crippen molar-refractivity contribution in [3.8, 4) is 16.9 Å². The van der Waals surface area contributed by atoms with E-state index in [9.17, 15) is 40.6 Å². The summed E-state index contributed by atoms with van der Waals surface area (Å²) in [5.41, 5.74) is -3.28. The van der Waals surface area contributed by atoms with E-state index in [1.165, 1.54) is 17.5 Å². The molecule has 0 atom stereocenters. The maximum Gasteiger partial charge on any atom is 0.483 e. The first-order chi connectivity index (χ1) is 19.6. The predicted octanol–water partition coefficient (Wildman–Crippen LogP) is 4.15. The highest BCUT2D eigenvalue weighted by molar-refractivity contribution is 6.00. The number of β-amino-alcohol motifs (C(OH)–C–C–N with tert-alkyl or cyclic N) is 1. The van der Waals surface area contributed by atoms with E-state index < -0.39 is 72.3 Å². The van der Waals surface area contributed by atoms with Gasteiger partial charge in [-0.05, 0) is 6.92 Å². The molecule has 5 heterocycles. The zero-order chi connectivity index (χ0) is 30.4. The summed E-state index contributed by atoms with van der Waals surface area (Å²) in [6.45, 7) is -0.796. The Labute approximate surface area is 229 Å². The van der Waals surface area contributed by atoms with Gasteiger partial charge in [-0.15, -0.1) is 0 Å². The van der Waals surface area contributed by atoms with Crippen LogP contribution >= 0.6 is 0 Å². The number of pyridine rings is 1. The second kappa shape index (κ2) is 8.98. The number of nitrogens with zero attached hydrogens (tertiary/aromatic N) is 6. The molecular weight excluding hydrogens is 584 g/mol. The van der Waals surface area contributed by atoms with E-state index in [0.717, 1.165) is 23.4 Å². The molecule has 3 aromatic heterocycles. The fourth-order valence-corrected chi connectivity index (χ4v) is 4.76. The minimum absolute atomic E-state index is 0.00594. The second-order valence-corrected chi connectivity index (χ2v) is 9.81. The summed E-state index contributed by atoms with van der Waals surface area (Å²) in [6.07, 6.45) is -5.83. The zero-order valence-corrected chi connectivity index (χ0v) is 21.1. The molecule has 9 nitrogen and oxygen atoms in total. The topological polar surface area (TPSA) is 96.1 Å². The Kier molecular flexibility index (Phi) is 5.90. The molecule has 1 amide bonds. The third kappa shape index (κ3) is 4.26. The summed E-state index contributed by atoms with van der Waals surface area (Å²) in [7, 11) is 0. The van der Waals surface area contributed by atoms with Crippen LogP contribution in [0.25, 0.3) is 16.8 Å². The number of hydrogen-bond acceptors (Lipinski definition) is 7. The Hall–Kier alpha value is -4.54. The quantitative estimate of drug-likeness (QED) is 0.352. The SMILES string of the molecule is Cc1nc2cc(F)c(-c3cnc(N4CC(O)(C(F)(F)F)C4)nc3)cn2c1CN1C(=O)C(F)(F)Oc2c(F)cc(F)cc21. The Balaban J connectivity index is 1.35. The number of aliphatic hydroxyl groups is 1. The van der Waals surface area contributed by atoms with Crippen molar-refractivity contribution in [3.63, 3.8) is 0 Å². The van der Waals surface area contributed by atoms with Crippen LogP contribution in [0.4, 0.5) is 46.8 Å². The molecule has 0 radical (unpaired) electrons. The van der Waals surface area contributed by atoms with Crippen molar-refractivity contribution in [2.24, 2.45) is 0 Å². The van der Waals surface area contributed by atoms with Gasteiger partial charge in [-0.25, -0.2) is 28.1 Å². The third-order valence-electron chi connectivity index (χ3n) is 6.99. The number of aromatic nitrogens is 4. The van der Waals surface area contributed by atoms with E-state index in [-0.39, 0.29) is 34.1 Å². The molecule has 0 spiro atoms. The van der Waals surface area contributed by atoms with Crippen LogP contribution in [0.3, 0.4) is 0 Å². The number of benzene rings is 1. The molecule has 0 aliphatic carbocycles. The maximum absolute atomic E-state index is 15.1. The highest BCUT2D eigenvalue weighted by Crippen LogP contribution is 2.43. The van der Waals surface area contributed by atoms with E-state index >= 15 is 4.39 Å². The molecule has 2 aliphatic rings. The number of rotatable bonds is 4. The fraction of sp³-hybridized carbons (Fsp3) is 0.280. The average molecular weight is 600 g/mol. The summed E-state index contributed by atoms with van der Waals surface area (Å²) in [5.74, 6) is -6.49. The van der Waals surface area contributed by atoms with Crippen molar-refractivity contribution < 1.29 is 49.8 Å². The normalized spacial score (nSPS) is 17.7. The first-order valence-electron chi connectivity index (χ1n) is 12.0. The number of amides is 1. The molecule has 220 valence electrons. The monoisotopic (exact) mass is 600 g/mol. The lowest BCUT2D eigenvalue weighted by Gasteiger charge is -2.46. The van der Waals surface area contributed by atoms with E-state index in [1.54, 1.807) is 0 Å². The number of carbonyl (C=O) groups excluding carboxylic acids is 1. The summed E-state index contributed by atoms with van der Waals surface area (Å²) >= 11 is 0. The highest BCUT2D eigenvalue weighted by atomic mass is 19.4. The van der Waals surface area contributed by atoms with Crippen molar-refractivity contribution in [3.05, 3.63) is 65.6 Å². The van der Waals surface area contributed by atoms with Crippen LogP contribution in [-0.2, 0) is 11.3 Å². The maximum atomic E-state index is 15.1. The summed E-state index contributed by atoms with van der Waals surface area (Å²) in [4.78, 5) is 26.2. The molecule has 42 heavy (non-hydrogen) atoms. The number of fused-ring (bicyclic) bond motifs is 2. The number of ether oxygens (including phenoxy) is 1. The molecule has 2 aliphatic heterocycles. The van der Waals surface area contributed by atoms with Crippen molar-refractivity contribution in [1.82, 2.24) is 19.4 Å². The van der Waals surface area contributed by atoms with E-state index in [1.807, 2.05) is 0 Å². The number of hydrogen-bond donors (Lipinski definition) is 1. The van der Waals surface area contributed by atoms with Gasteiger partial charge in [-0.3, -0.25) is 9.69 Å². The number of imidazole rings is 1. The van der Waals surface area contributed by atoms with Gasteiger partial charge in [0.15, 0.2) is 17.2 Å². The second-order valence-electron chi connectivity index (χ2n) is 9.81. The van der Waals surface area contributed by atoms with Crippen molar-refractivity contribution in [1.29, 1.82) is 0 Å². The van der Waals surface area contributed by atoms with Crippen LogP contribution in [0.2, 0.25) is 0 Å². The van der Waals surface area contributed by atoms with Gasteiger partial charge in [-0.2, -0.15) is 22.0 Å². The minimum atomic E-state index is -4.84. The summed E-state index contributed by atoms with van der Waals surface area (Å²) < 4.78 is 116. The lowest BCUT2D eigenvalue weighted by atomic mass is 9.94. The van der Waals surface area contributed by atoms with Gasteiger partial charge < -0.3 is 19.1 Å². The van der Waals surface area contributed by atoms with Gasteiger partial charge in [0.2, 0.25) is 5.95 Å². The predicted molar refractivity (Wildman–Crippen MR) is 127 cm³/mol. The van der Waals surface area contributed by atoms with Crippen molar-refractivity contribution in [2.75, 3.05) is 22.9 Å². The van der Waals surface area contributed by atoms with Gasteiger partial charge in [-0.1, -0.05) is 0 Å². The van der Waals surface area contributed by atoms with Gasteiger partial charge in [0.25, 0.3) is 0 Å². The molecule has 1 aromatic carbocycles. The molecular formula is C25H16F8N6O3. The molecule has 1 saturated heterocycles. The smallest absolute Gasteiger partial charge is 0.420 e. The Morgan fingerprint density at radius 1 is 1.05 bits per heavy atom. The van der Waals surface area contributed by atoms with E-state index in [0.29, 0.717) is 17.0 Å². The Morgan fingerprint density at radius 3 is 2.36 bits per heavy atom. The molecule has 1 N–H and O–H groups in total. The number of alkyl halides is 5. The molecule has 4 aromatic rings. The largest absolute Gasteiger partial charge is 0.483 e. The van der Waals surface area contributed by atoms with Crippen LogP contribution in [0.15, 0.2) is 36.8 Å². The standard InChI is InChI=1S/C25H16F8N6O3/c1-11-18(8-39-17-3-13(26)2-16(28)20(17)42-24(29,30)21(39)40)38-7-14(15(27)4-19(38)36-11)12-5-34-22(35-6-12)37-9-23(41,10-37)25(31,32)33/h2-7,41H,8-10H2,1H3. The first-order valence-corrected chi connectivity index (χ1v) is 12.0. The molecule has 0 unspecified atom stereocenters. The van der Waals surface area contributed by atoms with Crippen LogP contribution in [-0.4, -0.2) is 61.3 Å². The molecule has 17 heteroatoms. The zero-order valence-electron chi connectivity index (χ0n) is 21.1. The Bertz CT molecular complexity index is 1750. The average Bonchev–Trinajstić information content (AvgIpc) is 3.18. The van der Waals surface area contributed by atoms with Gasteiger partial charge in [0, 0.05) is 47.9 Å². The van der Waals surface area contributed by atoms with Gasteiger partial charge >= 0.3 is 18.2 Å². The summed E-state index contributed by atoms with van der Waals surface area (Å²) in [6, 6.07) is 1.98. The van der Waals surface area contributed by atoms with Crippen LogP contribution in [0.5, 0.6) is 5.75 Å². The first kappa shape index (κ1) is 27.6.